The number of allylic oxidation sites excluding steroid dienone is 2. The molecule has 0 N–H and O–H groups in total. The van der Waals surface area contributed by atoms with Crippen LogP contribution < -0.4 is 5.63 Å². The van der Waals surface area contributed by atoms with E-state index in [9.17, 15) is 26.3 Å². The molecule has 4 aromatic rings. The van der Waals surface area contributed by atoms with Crippen molar-refractivity contribution in [2.45, 2.75) is 42.7 Å². The summed E-state index contributed by atoms with van der Waals surface area (Å²) < 4.78 is 100. The van der Waals surface area contributed by atoms with Crippen molar-refractivity contribution in [3.05, 3.63) is 142 Å². The Kier molecular flexibility index (Phi) is 6.64. The molecule has 0 saturated carbocycles. The first-order chi connectivity index (χ1) is 21.2. The van der Waals surface area contributed by atoms with E-state index in [1.165, 1.54) is 24.3 Å². The van der Waals surface area contributed by atoms with Crippen molar-refractivity contribution < 1.29 is 47.3 Å². The number of alkyl halides is 6. The summed E-state index contributed by atoms with van der Waals surface area (Å²) in [7, 11) is 0. The molecule has 0 saturated heterocycles. The number of hydrogen-bond acceptors (Lipinski definition) is 2. The van der Waals surface area contributed by atoms with Crippen LogP contribution in [-0.2, 0) is 27.7 Å². The summed E-state index contributed by atoms with van der Waals surface area (Å²) >= 11 is -6.99. The number of rotatable bonds is 6. The normalized spacial score (nSPS) is 20.3. The first-order valence-corrected chi connectivity index (χ1v) is 30.7. The van der Waals surface area contributed by atoms with Crippen LogP contribution in [-0.4, -0.2) is 6.88 Å². The number of hydrogen-bond donors (Lipinski definition) is 0. The molecule has 0 fully saturated rings. The van der Waals surface area contributed by atoms with Crippen LogP contribution in [0, 0.1) is 0 Å². The van der Waals surface area contributed by atoms with Crippen molar-refractivity contribution in [3.63, 3.8) is 0 Å². The van der Waals surface area contributed by atoms with Crippen molar-refractivity contribution in [2.75, 3.05) is 0 Å². The van der Waals surface area contributed by atoms with Gasteiger partial charge in [-0.1, -0.05) is 0 Å². The van der Waals surface area contributed by atoms with Crippen molar-refractivity contribution >= 4 is 19.0 Å². The van der Waals surface area contributed by atoms with Gasteiger partial charge < -0.3 is 0 Å². The maximum atomic E-state index is 13.7. The molecule has 2 aliphatic carbocycles. The molecule has 4 aromatic carbocycles. The van der Waals surface area contributed by atoms with E-state index in [1.807, 2.05) is 71.6 Å². The number of benzene rings is 4. The second-order valence-corrected chi connectivity index (χ2v) is 57.8. The molecule has 0 heterocycles. The van der Waals surface area contributed by atoms with E-state index < -0.39 is 46.0 Å². The monoisotopic (exact) mass is 730 g/mol. The fourth-order valence-electron chi connectivity index (χ4n) is 8.95. The van der Waals surface area contributed by atoms with Crippen molar-refractivity contribution in [3.8, 4) is 11.5 Å². The molecule has 6 rings (SSSR count). The molecule has 2 atom stereocenters. The van der Waals surface area contributed by atoms with Gasteiger partial charge in [-0.3, -0.25) is 0 Å². The zero-order valence-corrected chi connectivity index (χ0v) is 29.7. The number of fused-ring (bicyclic) bond motifs is 2. The van der Waals surface area contributed by atoms with Crippen LogP contribution in [0.4, 0.5) is 26.3 Å². The van der Waals surface area contributed by atoms with Crippen LogP contribution in [0.1, 0.15) is 54.5 Å². The van der Waals surface area contributed by atoms with Crippen molar-refractivity contribution in [1.29, 1.82) is 0 Å². The van der Waals surface area contributed by atoms with E-state index in [1.54, 1.807) is 6.88 Å². The van der Waals surface area contributed by atoms with E-state index in [4.69, 9.17) is 5.63 Å². The Labute approximate surface area is 260 Å². The third-order valence-corrected chi connectivity index (χ3v) is 37.5. The molecule has 46 heavy (non-hydrogen) atoms. The van der Waals surface area contributed by atoms with E-state index in [2.05, 4.69) is 12.2 Å². The first-order valence-electron chi connectivity index (χ1n) is 15.0. The molecule has 10 heteroatoms. The summed E-state index contributed by atoms with van der Waals surface area (Å²) in [4.78, 5) is 0. The van der Waals surface area contributed by atoms with Crippen molar-refractivity contribution in [2.24, 2.45) is 0 Å². The van der Waals surface area contributed by atoms with Gasteiger partial charge in [0.05, 0.1) is 0 Å². The van der Waals surface area contributed by atoms with Gasteiger partial charge in [0, 0.05) is 0 Å². The summed E-state index contributed by atoms with van der Waals surface area (Å²) in [6.07, 6.45) is -4.97. The molecule has 2 aliphatic rings. The summed E-state index contributed by atoms with van der Waals surface area (Å²) in [5.41, 5.74) is 3.97. The second kappa shape index (κ2) is 9.38. The quantitative estimate of drug-likeness (QED) is 0.145. The van der Waals surface area contributed by atoms with E-state index in [-0.39, 0.29) is 11.5 Å². The fourth-order valence-corrected chi connectivity index (χ4v) is 42.2. The molecule has 2 unspecified atom stereocenters. The Hall–Kier alpha value is -3.36. The summed E-state index contributed by atoms with van der Waals surface area (Å²) in [5, 5.41) is 0. The van der Waals surface area contributed by atoms with Crippen LogP contribution in [0.15, 0.2) is 108 Å². The minimum absolute atomic E-state index is 0.177. The van der Waals surface area contributed by atoms with Gasteiger partial charge in [0.1, 0.15) is 0 Å². The summed E-state index contributed by atoms with van der Waals surface area (Å²) in [6, 6.07) is 24.9. The third-order valence-electron chi connectivity index (χ3n) is 10.1. The standard InChI is InChI=1S/2C10H9.2C7H5F3O.2CH3.H2Si.Zr/c2*1-8-6-9-4-2-3-5-10(9)7-8;2*8-7(9,10)5-1-3-6(11)4-2-5;;;;/h2*2-7H,1H3;2*1-4,11H;2*1H3;1H2;/q;;;;;;;+2/p-2. The zero-order chi connectivity index (χ0) is 33.4. The van der Waals surface area contributed by atoms with E-state index in [0.717, 1.165) is 57.7 Å². The summed E-state index contributed by atoms with van der Waals surface area (Å²) in [6.45, 7) is 5.63. The van der Waals surface area contributed by atoms with Crippen LogP contribution in [0.25, 0.3) is 12.2 Å². The topological polar surface area (TPSA) is 18.5 Å². The van der Waals surface area contributed by atoms with Gasteiger partial charge >= 0.3 is 262 Å². The zero-order valence-electron chi connectivity index (χ0n) is 25.8. The second-order valence-electron chi connectivity index (χ2n) is 14.7. The first kappa shape index (κ1) is 32.6. The minimum atomic E-state index is -6.99. The van der Waals surface area contributed by atoms with Crippen LogP contribution in [0.3, 0.4) is 0 Å². The molecule has 0 radical (unpaired) electrons. The Bertz CT molecular complexity index is 1940. The fraction of sp³-hybridized carbons (Fsp3) is 0.222. The predicted molar refractivity (Wildman–Crippen MR) is 170 cm³/mol. The van der Waals surface area contributed by atoms with Gasteiger partial charge in [0.25, 0.3) is 0 Å². The molecule has 0 spiro atoms. The van der Waals surface area contributed by atoms with Gasteiger partial charge in [0.2, 0.25) is 0 Å². The summed E-state index contributed by atoms with van der Waals surface area (Å²) in [5.74, 6) is 0.354. The predicted octanol–water partition coefficient (Wildman–Crippen LogP) is 10.7. The Morgan fingerprint density at radius 3 is 1.20 bits per heavy atom. The molecule has 0 amide bonds. The van der Waals surface area contributed by atoms with E-state index >= 15 is 0 Å². The molecule has 0 aliphatic heterocycles. The van der Waals surface area contributed by atoms with Crippen molar-refractivity contribution in [1.82, 2.24) is 0 Å². The molecular weight excluding hydrogens is 698 g/mol. The third kappa shape index (κ3) is 4.86. The average molecular weight is 732 g/mol. The molecule has 2 nitrogen and oxygen atoms in total. The van der Waals surface area contributed by atoms with Gasteiger partial charge in [0.15, 0.2) is 0 Å². The molecule has 0 aromatic heterocycles. The Balaban J connectivity index is 1.74. The Morgan fingerprint density at radius 2 is 0.870 bits per heavy atom. The number of halogens is 6. The Morgan fingerprint density at radius 1 is 0.543 bits per heavy atom. The van der Waals surface area contributed by atoms with Crippen LogP contribution in [0.2, 0.25) is 9.26 Å². The van der Waals surface area contributed by atoms with Gasteiger partial charge in [-0.25, -0.2) is 0 Å². The SMILES string of the molecule is CC1=Cc2ccccc2[CH]1[Zr]([CH3])([CH3])(=[SiH2])([O]c1ccc(C(F)(F)F)cc1)([O]c1ccc(C(F)(F)F)cc1)[CH]1C(C)=Cc2ccccc21. The van der Waals surface area contributed by atoms with Gasteiger partial charge in [-0.15, -0.1) is 0 Å². The van der Waals surface area contributed by atoms with Crippen LogP contribution in [0.5, 0.6) is 11.5 Å². The van der Waals surface area contributed by atoms with E-state index in [0.29, 0.717) is 0 Å². The van der Waals surface area contributed by atoms with Gasteiger partial charge in [-0.2, -0.15) is 0 Å². The maximum absolute atomic E-state index is 13.7. The van der Waals surface area contributed by atoms with Crippen LogP contribution >= 0.6 is 0 Å². The molecular formula is C36H34F6O2SiZr. The molecule has 240 valence electrons. The van der Waals surface area contributed by atoms with Gasteiger partial charge in [-0.05, 0) is 0 Å². The molecule has 0 bridgehead atoms. The average Bonchev–Trinajstić information content (AvgIpc) is 3.49.